The summed E-state index contributed by atoms with van der Waals surface area (Å²) in [6.45, 7) is 1.70. The van der Waals surface area contributed by atoms with E-state index in [1.54, 1.807) is 7.11 Å². The average molecular weight is 631 g/mol. The first-order chi connectivity index (χ1) is 21.3. The largest absolute Gasteiger partial charge is 0.481 e. The number of amides is 1. The van der Waals surface area contributed by atoms with Gasteiger partial charge in [0.2, 0.25) is 17.7 Å². The third-order valence-corrected chi connectivity index (χ3v) is 9.74. The first-order valence-corrected chi connectivity index (χ1v) is 15.2. The van der Waals surface area contributed by atoms with Crippen LogP contribution in [-0.4, -0.2) is 64.9 Å². The number of ether oxygens (including phenoxy) is 2. The quantitative estimate of drug-likeness (QED) is 0.250. The van der Waals surface area contributed by atoms with Gasteiger partial charge in [0.05, 0.1) is 47.4 Å². The molecule has 0 radical (unpaired) electrons. The van der Waals surface area contributed by atoms with Gasteiger partial charge in [-0.15, -0.1) is 0 Å². The lowest BCUT2D eigenvalue weighted by atomic mass is 9.86. The van der Waals surface area contributed by atoms with Crippen LogP contribution in [0.25, 0.3) is 33.6 Å². The van der Waals surface area contributed by atoms with Crippen molar-refractivity contribution >= 4 is 35.4 Å². The van der Waals surface area contributed by atoms with Gasteiger partial charge in [-0.2, -0.15) is 0 Å². The molecule has 4 heterocycles. The number of hydrogen-bond donors (Lipinski definition) is 1. The first kappa shape index (κ1) is 28.7. The van der Waals surface area contributed by atoms with E-state index in [4.69, 9.17) is 37.7 Å². The number of aldehydes is 1. The van der Waals surface area contributed by atoms with E-state index in [1.807, 2.05) is 36.4 Å². The molecule has 1 N–H and O–H groups in total. The van der Waals surface area contributed by atoms with Crippen molar-refractivity contribution in [1.82, 2.24) is 25.2 Å². The number of likely N-dealkylation sites (tertiary alicyclic amines) is 1. The fraction of sp³-hybridized carbons (Fsp3) is 0.303. The molecule has 2 saturated heterocycles. The van der Waals surface area contributed by atoms with Crippen LogP contribution in [0.2, 0.25) is 10.0 Å². The van der Waals surface area contributed by atoms with Crippen molar-refractivity contribution in [2.75, 3.05) is 27.3 Å². The molecule has 4 aromatic rings. The predicted molar refractivity (Wildman–Crippen MR) is 167 cm³/mol. The standard InChI is InChI=1S/C33H29Cl2N5O4/c1-43-31-25(15-41)36-14-24(38-31)22-8-4-6-20(30(22)35)19-5-3-7-21(29(19)34)23-13-18-9-10-26(28(18)32(37-23)44-2)40-16-33(17-40)12-11-27(42)39-33/h3-8,13-15,26H,9-12,16-17H2,1-2H3,(H,39,42)/t26-/m1/s1. The molecule has 44 heavy (non-hydrogen) atoms. The molecular formula is C33H29Cl2N5O4. The second-order valence-electron chi connectivity index (χ2n) is 11.5. The highest BCUT2D eigenvalue weighted by Crippen LogP contribution is 2.48. The number of fused-ring (bicyclic) bond motifs is 1. The minimum Gasteiger partial charge on any atom is -0.481 e. The van der Waals surface area contributed by atoms with Crippen LogP contribution < -0.4 is 14.8 Å². The van der Waals surface area contributed by atoms with Crippen molar-refractivity contribution in [1.29, 1.82) is 0 Å². The second-order valence-corrected chi connectivity index (χ2v) is 12.2. The molecule has 7 rings (SSSR count). The number of aromatic nitrogens is 3. The van der Waals surface area contributed by atoms with Gasteiger partial charge in [0.25, 0.3) is 0 Å². The molecule has 1 amide bonds. The Morgan fingerprint density at radius 2 is 1.57 bits per heavy atom. The number of carbonyl (C=O) groups excluding carboxylic acids is 2. The lowest BCUT2D eigenvalue weighted by molar-refractivity contribution is -0.121. The highest BCUT2D eigenvalue weighted by molar-refractivity contribution is 6.39. The number of pyridine rings is 1. The third-order valence-electron chi connectivity index (χ3n) is 8.92. The molecule has 1 atom stereocenters. The van der Waals surface area contributed by atoms with E-state index in [1.165, 1.54) is 18.9 Å². The van der Waals surface area contributed by atoms with Crippen LogP contribution in [0.1, 0.15) is 46.9 Å². The van der Waals surface area contributed by atoms with Gasteiger partial charge >= 0.3 is 0 Å². The number of aryl methyl sites for hydroxylation is 1. The van der Waals surface area contributed by atoms with Crippen LogP contribution in [0.5, 0.6) is 11.8 Å². The first-order valence-electron chi connectivity index (χ1n) is 14.4. The summed E-state index contributed by atoms with van der Waals surface area (Å²) >= 11 is 14.1. The van der Waals surface area contributed by atoms with Gasteiger partial charge < -0.3 is 14.8 Å². The summed E-state index contributed by atoms with van der Waals surface area (Å²) in [5.41, 5.74) is 6.39. The molecule has 9 nitrogen and oxygen atoms in total. The van der Waals surface area contributed by atoms with E-state index in [-0.39, 0.29) is 29.1 Å². The highest BCUT2D eigenvalue weighted by atomic mass is 35.5. The van der Waals surface area contributed by atoms with E-state index in [0.717, 1.165) is 60.3 Å². The van der Waals surface area contributed by atoms with E-state index in [9.17, 15) is 9.59 Å². The number of methoxy groups -OCH3 is 2. The Balaban J connectivity index is 1.22. The monoisotopic (exact) mass is 629 g/mol. The lowest BCUT2D eigenvalue weighted by Gasteiger charge is -2.50. The van der Waals surface area contributed by atoms with Gasteiger partial charge in [-0.1, -0.05) is 59.6 Å². The summed E-state index contributed by atoms with van der Waals surface area (Å²) < 4.78 is 11.1. The maximum absolute atomic E-state index is 11.8. The number of hydrogen-bond acceptors (Lipinski definition) is 8. The van der Waals surface area contributed by atoms with Crippen molar-refractivity contribution in [2.24, 2.45) is 0 Å². The minimum atomic E-state index is -0.0788. The molecule has 0 saturated carbocycles. The molecule has 224 valence electrons. The van der Waals surface area contributed by atoms with Crippen molar-refractivity contribution in [3.63, 3.8) is 0 Å². The lowest BCUT2D eigenvalue weighted by Crippen LogP contribution is -2.67. The zero-order valence-corrected chi connectivity index (χ0v) is 25.7. The fourth-order valence-corrected chi connectivity index (χ4v) is 7.47. The number of rotatable bonds is 7. The maximum Gasteiger partial charge on any atom is 0.243 e. The Labute approximate surface area is 264 Å². The average Bonchev–Trinajstić information content (AvgIpc) is 3.63. The predicted octanol–water partition coefficient (Wildman–Crippen LogP) is 5.96. The summed E-state index contributed by atoms with van der Waals surface area (Å²) in [4.78, 5) is 39.1. The topological polar surface area (TPSA) is 107 Å². The molecule has 2 aromatic carbocycles. The number of carbonyl (C=O) groups is 2. The molecule has 2 aromatic heterocycles. The van der Waals surface area contributed by atoms with Gasteiger partial charge in [-0.3, -0.25) is 14.5 Å². The van der Waals surface area contributed by atoms with Crippen LogP contribution >= 0.6 is 23.2 Å². The zero-order valence-electron chi connectivity index (χ0n) is 24.2. The molecule has 2 fully saturated rings. The summed E-state index contributed by atoms with van der Waals surface area (Å²) in [5.74, 6) is 0.871. The van der Waals surface area contributed by atoms with E-state index < -0.39 is 0 Å². The summed E-state index contributed by atoms with van der Waals surface area (Å²) in [6.07, 6.45) is 5.46. The van der Waals surface area contributed by atoms with Crippen LogP contribution in [0, 0.1) is 0 Å². The molecule has 0 unspecified atom stereocenters. The van der Waals surface area contributed by atoms with Crippen molar-refractivity contribution < 1.29 is 19.1 Å². The van der Waals surface area contributed by atoms with E-state index in [2.05, 4.69) is 26.3 Å². The number of nitrogens with one attached hydrogen (secondary N) is 1. The smallest absolute Gasteiger partial charge is 0.243 e. The molecule has 11 heteroatoms. The van der Waals surface area contributed by atoms with Crippen LogP contribution in [0.4, 0.5) is 0 Å². The van der Waals surface area contributed by atoms with Crippen LogP contribution in [-0.2, 0) is 11.2 Å². The Morgan fingerprint density at radius 3 is 2.18 bits per heavy atom. The highest BCUT2D eigenvalue weighted by Gasteiger charge is 2.51. The summed E-state index contributed by atoms with van der Waals surface area (Å²) in [7, 11) is 3.09. The SMILES string of the molecule is COc1nc(-c2cccc(-c3cccc(-c4cc5c(c(OC)n4)[C@H](N4CC6(CCC(=O)N6)C4)CC5)c3Cl)c2Cl)cnc1C=O. The van der Waals surface area contributed by atoms with Gasteiger partial charge in [-0.25, -0.2) is 15.0 Å². The summed E-state index contributed by atoms with van der Waals surface area (Å²) in [6, 6.07) is 13.7. The third kappa shape index (κ3) is 4.70. The number of halogens is 2. The molecule has 1 spiro atoms. The maximum atomic E-state index is 11.8. The van der Waals surface area contributed by atoms with Gasteiger partial charge in [0.15, 0.2) is 12.0 Å². The Bertz CT molecular complexity index is 1820. The molecular weight excluding hydrogens is 601 g/mol. The van der Waals surface area contributed by atoms with Gasteiger partial charge in [0.1, 0.15) is 0 Å². The van der Waals surface area contributed by atoms with E-state index >= 15 is 0 Å². The molecule has 0 bridgehead atoms. The Morgan fingerprint density at radius 1 is 0.932 bits per heavy atom. The molecule has 2 aliphatic heterocycles. The van der Waals surface area contributed by atoms with Crippen LogP contribution in [0.3, 0.4) is 0 Å². The van der Waals surface area contributed by atoms with Crippen molar-refractivity contribution in [2.45, 2.75) is 37.3 Å². The second kappa shape index (κ2) is 11.1. The minimum absolute atomic E-state index is 0.0788. The van der Waals surface area contributed by atoms with Crippen molar-refractivity contribution in [3.8, 4) is 45.4 Å². The van der Waals surface area contributed by atoms with Crippen LogP contribution in [0.15, 0.2) is 48.7 Å². The Kier molecular flexibility index (Phi) is 7.27. The molecule has 3 aliphatic rings. The van der Waals surface area contributed by atoms with Gasteiger partial charge in [0, 0.05) is 53.4 Å². The number of nitrogens with zero attached hydrogens (tertiary/aromatic N) is 4. The molecule has 1 aliphatic carbocycles. The van der Waals surface area contributed by atoms with Crippen molar-refractivity contribution in [3.05, 3.63) is 75.5 Å². The van der Waals surface area contributed by atoms with Gasteiger partial charge in [-0.05, 0) is 30.9 Å². The summed E-state index contributed by atoms with van der Waals surface area (Å²) in [5, 5.41) is 4.13. The number of benzene rings is 2. The van der Waals surface area contributed by atoms with E-state index in [0.29, 0.717) is 39.9 Å². The zero-order chi connectivity index (χ0) is 30.6. The fourth-order valence-electron chi connectivity index (χ4n) is 6.82. The Hall–Kier alpha value is -4.05. The normalized spacial score (nSPS) is 18.5.